The second-order valence-electron chi connectivity index (χ2n) is 3.74. The van der Waals surface area contributed by atoms with Crippen LogP contribution in [0.4, 0.5) is 11.4 Å². The molecule has 0 bridgehead atoms. The Hall–Kier alpha value is -2.68. The number of carbonyl (C=O) groups excluding carboxylic acids is 2. The Morgan fingerprint density at radius 3 is 2.60 bits per heavy atom. The van der Waals surface area contributed by atoms with Gasteiger partial charge in [0.15, 0.2) is 0 Å². The molecule has 0 unspecified atom stereocenters. The Labute approximate surface area is 114 Å². The van der Waals surface area contributed by atoms with E-state index in [1.54, 1.807) is 6.92 Å². The lowest BCUT2D eigenvalue weighted by Crippen LogP contribution is -2.37. The molecule has 9 nitrogen and oxygen atoms in total. The van der Waals surface area contributed by atoms with Crippen molar-refractivity contribution >= 4 is 23.2 Å². The van der Waals surface area contributed by atoms with Crippen molar-refractivity contribution < 1.29 is 14.5 Å². The fourth-order valence-corrected chi connectivity index (χ4v) is 1.56. The van der Waals surface area contributed by atoms with E-state index in [0.29, 0.717) is 6.54 Å². The van der Waals surface area contributed by atoms with Gasteiger partial charge in [-0.2, -0.15) is 0 Å². The molecular weight excluding hydrogens is 266 g/mol. The number of para-hydroxylation sites is 1. The third-order valence-electron chi connectivity index (χ3n) is 2.40. The van der Waals surface area contributed by atoms with Gasteiger partial charge in [-0.05, 0) is 19.1 Å². The summed E-state index contributed by atoms with van der Waals surface area (Å²) in [6.07, 6.45) is 0. The van der Waals surface area contributed by atoms with Gasteiger partial charge in [0.05, 0.1) is 11.5 Å². The first kappa shape index (κ1) is 15.4. The van der Waals surface area contributed by atoms with Gasteiger partial charge in [-0.25, -0.2) is 0 Å². The maximum absolute atomic E-state index is 11.9. The topological polar surface area (TPSA) is 139 Å². The number of nitrogens with zero attached hydrogens (tertiary/aromatic N) is 1. The monoisotopic (exact) mass is 281 g/mol. The van der Waals surface area contributed by atoms with Gasteiger partial charge in [0, 0.05) is 6.54 Å². The fraction of sp³-hybridized carbons (Fsp3) is 0.273. The number of amides is 2. The molecule has 0 radical (unpaired) electrons. The van der Waals surface area contributed by atoms with Gasteiger partial charge in [0.25, 0.3) is 5.91 Å². The summed E-state index contributed by atoms with van der Waals surface area (Å²) in [4.78, 5) is 33.4. The SMILES string of the molecule is CCNC(=O)CNC(=O)c1cccc(NN)c1[N+](=O)[O-]. The lowest BCUT2D eigenvalue weighted by Gasteiger charge is -2.08. The molecule has 2 amide bonds. The van der Waals surface area contributed by atoms with Crippen molar-refractivity contribution in [3.8, 4) is 0 Å². The summed E-state index contributed by atoms with van der Waals surface area (Å²) in [5.41, 5.74) is 1.56. The van der Waals surface area contributed by atoms with Crippen LogP contribution < -0.4 is 21.9 Å². The molecule has 0 saturated heterocycles. The number of likely N-dealkylation sites (N-methyl/N-ethyl adjacent to an activating group) is 1. The average Bonchev–Trinajstić information content (AvgIpc) is 2.43. The molecule has 0 atom stereocenters. The molecule has 1 aromatic carbocycles. The molecule has 5 N–H and O–H groups in total. The Bertz CT molecular complexity index is 532. The van der Waals surface area contributed by atoms with E-state index in [-0.39, 0.29) is 23.7 Å². The van der Waals surface area contributed by atoms with Crippen LogP contribution >= 0.6 is 0 Å². The number of carbonyl (C=O) groups is 2. The number of nitro groups is 1. The fourth-order valence-electron chi connectivity index (χ4n) is 1.56. The summed E-state index contributed by atoms with van der Waals surface area (Å²) in [5, 5.41) is 15.8. The number of nitrogen functional groups attached to an aromatic ring is 1. The minimum atomic E-state index is -0.722. The molecule has 0 aliphatic carbocycles. The number of hydrogen-bond acceptors (Lipinski definition) is 6. The van der Waals surface area contributed by atoms with Gasteiger partial charge in [0.2, 0.25) is 5.91 Å². The zero-order valence-corrected chi connectivity index (χ0v) is 10.8. The highest BCUT2D eigenvalue weighted by Crippen LogP contribution is 2.27. The summed E-state index contributed by atoms with van der Waals surface area (Å²) >= 11 is 0. The molecule has 0 heterocycles. The maximum atomic E-state index is 11.9. The van der Waals surface area contributed by atoms with Gasteiger partial charge in [-0.15, -0.1) is 0 Å². The third-order valence-corrected chi connectivity index (χ3v) is 2.40. The predicted octanol–water partition coefficient (Wildman–Crippen LogP) is -0.254. The van der Waals surface area contributed by atoms with Crippen molar-refractivity contribution in [3.05, 3.63) is 33.9 Å². The van der Waals surface area contributed by atoms with Crippen LogP contribution in [0, 0.1) is 10.1 Å². The van der Waals surface area contributed by atoms with Crippen LogP contribution in [0.15, 0.2) is 18.2 Å². The Morgan fingerprint density at radius 1 is 1.35 bits per heavy atom. The number of nitro benzene ring substituents is 1. The summed E-state index contributed by atoms with van der Waals surface area (Å²) in [6.45, 7) is 1.91. The second kappa shape index (κ2) is 7.04. The summed E-state index contributed by atoms with van der Waals surface area (Å²) in [5.74, 6) is 4.07. The van der Waals surface area contributed by atoms with Crippen LogP contribution in [-0.4, -0.2) is 29.8 Å². The molecule has 0 aromatic heterocycles. The number of hydrogen-bond donors (Lipinski definition) is 4. The predicted molar refractivity (Wildman–Crippen MR) is 71.9 cm³/mol. The first-order valence-electron chi connectivity index (χ1n) is 5.80. The van der Waals surface area contributed by atoms with Gasteiger partial charge in [0.1, 0.15) is 11.3 Å². The minimum Gasteiger partial charge on any atom is -0.355 e. The smallest absolute Gasteiger partial charge is 0.306 e. The number of rotatable bonds is 6. The number of nitrogens with two attached hydrogens (primary N) is 1. The first-order valence-corrected chi connectivity index (χ1v) is 5.80. The van der Waals surface area contributed by atoms with Gasteiger partial charge >= 0.3 is 5.69 Å². The van der Waals surface area contributed by atoms with Gasteiger partial charge in [-0.1, -0.05) is 6.07 Å². The molecule has 0 saturated carbocycles. The maximum Gasteiger partial charge on any atom is 0.306 e. The van der Waals surface area contributed by atoms with Crippen molar-refractivity contribution in [2.24, 2.45) is 5.84 Å². The summed E-state index contributed by atoms with van der Waals surface area (Å²) in [6, 6.07) is 4.11. The van der Waals surface area contributed by atoms with Crippen LogP contribution in [-0.2, 0) is 4.79 Å². The molecule has 1 aromatic rings. The van der Waals surface area contributed by atoms with E-state index in [1.165, 1.54) is 18.2 Å². The van der Waals surface area contributed by atoms with Crippen molar-refractivity contribution in [2.45, 2.75) is 6.92 Å². The molecule has 0 aliphatic rings. The normalized spacial score (nSPS) is 9.70. The summed E-state index contributed by atoms with van der Waals surface area (Å²) < 4.78 is 0. The van der Waals surface area contributed by atoms with Crippen LogP contribution in [0.2, 0.25) is 0 Å². The quantitative estimate of drug-likeness (QED) is 0.322. The van der Waals surface area contributed by atoms with E-state index < -0.39 is 16.5 Å². The second-order valence-corrected chi connectivity index (χ2v) is 3.74. The molecule has 20 heavy (non-hydrogen) atoms. The van der Waals surface area contributed by atoms with Crippen molar-refractivity contribution in [2.75, 3.05) is 18.5 Å². The highest BCUT2D eigenvalue weighted by molar-refractivity contribution is 6.01. The van der Waals surface area contributed by atoms with E-state index in [9.17, 15) is 19.7 Å². The van der Waals surface area contributed by atoms with E-state index >= 15 is 0 Å². The Morgan fingerprint density at radius 2 is 2.05 bits per heavy atom. The number of nitrogens with one attached hydrogen (secondary N) is 3. The Kier molecular flexibility index (Phi) is 5.42. The molecule has 0 fully saturated rings. The number of benzene rings is 1. The minimum absolute atomic E-state index is 0.0145. The van der Waals surface area contributed by atoms with E-state index in [2.05, 4.69) is 16.1 Å². The third kappa shape index (κ3) is 3.65. The van der Waals surface area contributed by atoms with Crippen LogP contribution in [0.3, 0.4) is 0 Å². The van der Waals surface area contributed by atoms with Gasteiger partial charge in [-0.3, -0.25) is 25.5 Å². The van der Waals surface area contributed by atoms with Crippen molar-refractivity contribution in [1.29, 1.82) is 0 Å². The lowest BCUT2D eigenvalue weighted by atomic mass is 10.1. The molecule has 108 valence electrons. The Balaban J connectivity index is 2.93. The first-order chi connectivity index (χ1) is 9.51. The average molecular weight is 281 g/mol. The standard InChI is InChI=1S/C11H15N5O4/c1-2-13-9(17)6-14-11(18)7-4-3-5-8(15-12)10(7)16(19)20/h3-5,15H,2,6,12H2,1H3,(H,13,17)(H,14,18). The van der Waals surface area contributed by atoms with E-state index in [4.69, 9.17) is 5.84 Å². The number of hydrazine groups is 1. The van der Waals surface area contributed by atoms with Gasteiger partial charge < -0.3 is 16.1 Å². The lowest BCUT2D eigenvalue weighted by molar-refractivity contribution is -0.384. The van der Waals surface area contributed by atoms with E-state index in [0.717, 1.165) is 0 Å². The highest BCUT2D eigenvalue weighted by atomic mass is 16.6. The van der Waals surface area contributed by atoms with Crippen LogP contribution in [0.5, 0.6) is 0 Å². The molecule has 9 heteroatoms. The zero-order chi connectivity index (χ0) is 15.1. The largest absolute Gasteiger partial charge is 0.355 e. The molecular formula is C11H15N5O4. The zero-order valence-electron chi connectivity index (χ0n) is 10.8. The molecule has 0 aliphatic heterocycles. The molecule has 0 spiro atoms. The van der Waals surface area contributed by atoms with E-state index in [1.807, 2.05) is 0 Å². The van der Waals surface area contributed by atoms with Crippen molar-refractivity contribution in [1.82, 2.24) is 10.6 Å². The summed E-state index contributed by atoms with van der Waals surface area (Å²) in [7, 11) is 0. The van der Waals surface area contributed by atoms with Crippen LogP contribution in [0.25, 0.3) is 0 Å². The number of anilines is 1. The van der Waals surface area contributed by atoms with Crippen molar-refractivity contribution in [3.63, 3.8) is 0 Å². The molecule has 1 rings (SSSR count). The highest BCUT2D eigenvalue weighted by Gasteiger charge is 2.24. The van der Waals surface area contributed by atoms with Crippen LogP contribution in [0.1, 0.15) is 17.3 Å².